The quantitative estimate of drug-likeness (QED) is 0.574. The van der Waals surface area contributed by atoms with Crippen LogP contribution < -0.4 is 10.5 Å². The summed E-state index contributed by atoms with van der Waals surface area (Å²) in [5, 5.41) is 2.89. The molecule has 0 bridgehead atoms. The van der Waals surface area contributed by atoms with E-state index in [1.54, 1.807) is 35.6 Å². The van der Waals surface area contributed by atoms with E-state index < -0.39 is 10.3 Å². The lowest BCUT2D eigenvalue weighted by Crippen LogP contribution is -2.14. The van der Waals surface area contributed by atoms with Gasteiger partial charge in [0.1, 0.15) is 5.01 Å². The Labute approximate surface area is 150 Å². The minimum atomic E-state index is -4.26. The van der Waals surface area contributed by atoms with Gasteiger partial charge in [-0.25, -0.2) is 4.98 Å². The van der Waals surface area contributed by atoms with E-state index in [-0.39, 0.29) is 6.04 Å². The predicted molar refractivity (Wildman–Crippen MR) is 99.8 cm³/mol. The lowest BCUT2D eigenvalue weighted by atomic mass is 10.0. The maximum atomic E-state index is 10.8. The number of aromatic nitrogens is 1. The minimum Gasteiger partial charge on any atom is -0.322 e. The van der Waals surface area contributed by atoms with Gasteiger partial charge in [0.05, 0.1) is 17.4 Å². The van der Waals surface area contributed by atoms with Gasteiger partial charge in [-0.15, -0.1) is 11.3 Å². The molecule has 25 heavy (non-hydrogen) atoms. The van der Waals surface area contributed by atoms with Crippen molar-refractivity contribution in [3.05, 3.63) is 71.2 Å². The van der Waals surface area contributed by atoms with Crippen LogP contribution in [0.1, 0.15) is 17.3 Å². The molecule has 0 radical (unpaired) electrons. The van der Waals surface area contributed by atoms with E-state index in [0.29, 0.717) is 12.1 Å². The smallest absolute Gasteiger partial charge is 0.322 e. The Morgan fingerprint density at radius 2 is 1.80 bits per heavy atom. The fraction of sp³-hybridized carbons (Fsp3) is 0.118. The van der Waals surface area contributed by atoms with Gasteiger partial charge in [0, 0.05) is 10.9 Å². The first-order valence-electron chi connectivity index (χ1n) is 7.51. The number of nitrogens with one attached hydrogen (secondary N) is 1. The van der Waals surface area contributed by atoms with Crippen molar-refractivity contribution >= 4 is 27.3 Å². The van der Waals surface area contributed by atoms with Gasteiger partial charge in [-0.05, 0) is 24.1 Å². The van der Waals surface area contributed by atoms with Gasteiger partial charge in [-0.3, -0.25) is 9.27 Å². The summed E-state index contributed by atoms with van der Waals surface area (Å²) in [5.74, 6) is 0. The normalized spacial score (nSPS) is 12.7. The Hall–Kier alpha value is -2.26. The first kappa shape index (κ1) is 17.6. The molecule has 0 aliphatic carbocycles. The van der Waals surface area contributed by atoms with E-state index in [4.69, 9.17) is 10.3 Å². The van der Waals surface area contributed by atoms with Crippen LogP contribution in [0.15, 0.2) is 60.0 Å². The maximum absolute atomic E-state index is 10.8. The SMILES string of the molecule is N[C@@H](Cc1ccc(NS(=O)(=O)O)cc1)c1csc(-c2ccccc2)n1. The van der Waals surface area contributed by atoms with Crippen molar-refractivity contribution in [3.63, 3.8) is 0 Å². The van der Waals surface area contributed by atoms with Gasteiger partial charge < -0.3 is 5.73 Å². The molecule has 0 fully saturated rings. The van der Waals surface area contributed by atoms with Gasteiger partial charge in [-0.1, -0.05) is 42.5 Å². The second-order valence-electron chi connectivity index (χ2n) is 5.53. The number of thiazole rings is 1. The Morgan fingerprint density at radius 3 is 2.44 bits per heavy atom. The summed E-state index contributed by atoms with van der Waals surface area (Å²) in [6.45, 7) is 0. The Kier molecular flexibility index (Phi) is 5.14. The molecule has 0 aliphatic heterocycles. The molecule has 0 spiro atoms. The molecule has 4 N–H and O–H groups in total. The molecule has 3 rings (SSSR count). The molecule has 0 saturated carbocycles. The van der Waals surface area contributed by atoms with Crippen LogP contribution in [0.25, 0.3) is 10.6 Å². The summed E-state index contributed by atoms with van der Waals surface area (Å²) in [5.41, 5.74) is 9.37. The average Bonchev–Trinajstić information content (AvgIpc) is 3.06. The van der Waals surface area contributed by atoms with Gasteiger partial charge in [0.2, 0.25) is 0 Å². The van der Waals surface area contributed by atoms with Gasteiger partial charge in [0.25, 0.3) is 0 Å². The van der Waals surface area contributed by atoms with Crippen LogP contribution >= 0.6 is 11.3 Å². The third-order valence-electron chi connectivity index (χ3n) is 3.58. The van der Waals surface area contributed by atoms with Crippen LogP contribution in [0.4, 0.5) is 5.69 Å². The van der Waals surface area contributed by atoms with Crippen molar-refractivity contribution in [2.24, 2.45) is 5.73 Å². The number of anilines is 1. The molecule has 0 amide bonds. The molecular weight excluding hydrogens is 358 g/mol. The van der Waals surface area contributed by atoms with Gasteiger partial charge >= 0.3 is 10.3 Å². The van der Waals surface area contributed by atoms with Crippen LogP contribution in [-0.4, -0.2) is 18.0 Å². The van der Waals surface area contributed by atoms with E-state index in [1.807, 2.05) is 40.4 Å². The zero-order chi connectivity index (χ0) is 17.9. The standard InChI is InChI=1S/C17H17N3O3S2/c18-15(10-12-6-8-14(9-7-12)20-25(21,22)23)16-11-24-17(19-16)13-4-2-1-3-5-13/h1-9,11,15,20H,10,18H2,(H,21,22,23)/t15-/m0/s1. The molecule has 1 atom stereocenters. The van der Waals surface area contributed by atoms with Crippen molar-refractivity contribution in [1.29, 1.82) is 0 Å². The highest BCUT2D eigenvalue weighted by Crippen LogP contribution is 2.26. The molecule has 0 aliphatic rings. The lowest BCUT2D eigenvalue weighted by Gasteiger charge is -2.10. The van der Waals surface area contributed by atoms with E-state index in [0.717, 1.165) is 21.8 Å². The molecule has 8 heteroatoms. The van der Waals surface area contributed by atoms with Gasteiger partial charge in [0.15, 0.2) is 0 Å². The molecule has 130 valence electrons. The highest BCUT2D eigenvalue weighted by molar-refractivity contribution is 7.87. The van der Waals surface area contributed by atoms with Crippen molar-refractivity contribution < 1.29 is 13.0 Å². The summed E-state index contributed by atoms with van der Waals surface area (Å²) in [6, 6.07) is 16.3. The van der Waals surface area contributed by atoms with Crippen molar-refractivity contribution in [1.82, 2.24) is 4.98 Å². The van der Waals surface area contributed by atoms with Gasteiger partial charge in [-0.2, -0.15) is 8.42 Å². The lowest BCUT2D eigenvalue weighted by molar-refractivity contribution is 0.489. The third-order valence-corrected chi connectivity index (χ3v) is 4.98. The fourth-order valence-corrected chi connectivity index (χ4v) is 3.71. The summed E-state index contributed by atoms with van der Waals surface area (Å²) < 4.78 is 32.3. The average molecular weight is 375 g/mol. The van der Waals surface area contributed by atoms with Crippen LogP contribution in [-0.2, 0) is 16.7 Å². The van der Waals surface area contributed by atoms with Crippen LogP contribution in [0, 0.1) is 0 Å². The molecule has 2 aromatic carbocycles. The highest BCUT2D eigenvalue weighted by atomic mass is 32.2. The molecule has 6 nitrogen and oxygen atoms in total. The predicted octanol–water partition coefficient (Wildman–Crippen LogP) is 3.27. The van der Waals surface area contributed by atoms with Crippen LogP contribution in [0.3, 0.4) is 0 Å². The number of hydrogen-bond donors (Lipinski definition) is 3. The first-order chi connectivity index (χ1) is 11.9. The minimum absolute atomic E-state index is 0.255. The van der Waals surface area contributed by atoms with E-state index >= 15 is 0 Å². The molecule has 0 unspecified atom stereocenters. The fourth-order valence-electron chi connectivity index (χ4n) is 2.39. The largest absolute Gasteiger partial charge is 0.357 e. The van der Waals surface area contributed by atoms with E-state index in [2.05, 4.69) is 4.98 Å². The number of hydrogen-bond acceptors (Lipinski definition) is 5. The zero-order valence-electron chi connectivity index (χ0n) is 13.2. The van der Waals surface area contributed by atoms with Crippen molar-refractivity contribution in [2.75, 3.05) is 4.72 Å². The summed E-state index contributed by atoms with van der Waals surface area (Å²) in [7, 11) is -4.26. The monoisotopic (exact) mass is 375 g/mol. The van der Waals surface area contributed by atoms with Crippen LogP contribution in [0.2, 0.25) is 0 Å². The summed E-state index contributed by atoms with van der Waals surface area (Å²) in [6.07, 6.45) is 0.574. The Bertz CT molecular complexity index is 939. The van der Waals surface area contributed by atoms with Crippen molar-refractivity contribution in [2.45, 2.75) is 12.5 Å². The number of nitrogens with zero attached hydrogens (tertiary/aromatic N) is 1. The second kappa shape index (κ2) is 7.32. The molecule has 1 aromatic heterocycles. The second-order valence-corrected chi connectivity index (χ2v) is 7.54. The Balaban J connectivity index is 1.68. The molecular formula is C17H17N3O3S2. The zero-order valence-corrected chi connectivity index (χ0v) is 14.8. The number of nitrogens with two attached hydrogens (primary N) is 1. The maximum Gasteiger partial charge on any atom is 0.357 e. The van der Waals surface area contributed by atoms with Crippen molar-refractivity contribution in [3.8, 4) is 10.6 Å². The third kappa shape index (κ3) is 4.86. The topological polar surface area (TPSA) is 105 Å². The highest BCUT2D eigenvalue weighted by Gasteiger charge is 2.13. The van der Waals surface area contributed by atoms with E-state index in [9.17, 15) is 8.42 Å². The van der Waals surface area contributed by atoms with E-state index in [1.165, 1.54) is 0 Å². The molecule has 3 aromatic rings. The number of benzene rings is 2. The molecule has 0 saturated heterocycles. The summed E-state index contributed by atoms with van der Waals surface area (Å²) in [4.78, 5) is 4.61. The number of rotatable bonds is 6. The van der Waals surface area contributed by atoms with Crippen LogP contribution in [0.5, 0.6) is 0 Å². The Morgan fingerprint density at radius 1 is 1.12 bits per heavy atom. The summed E-state index contributed by atoms with van der Waals surface area (Å²) >= 11 is 1.55. The first-order valence-corrected chi connectivity index (χ1v) is 9.83. The molecule has 1 heterocycles.